The lowest BCUT2D eigenvalue weighted by Gasteiger charge is -2.36. The molecular formula is C21H21ClF3N7. The van der Waals surface area contributed by atoms with Crippen molar-refractivity contribution in [2.24, 2.45) is 0 Å². The minimum absolute atomic E-state index is 0.0992. The van der Waals surface area contributed by atoms with Crippen molar-refractivity contribution in [3.63, 3.8) is 0 Å². The maximum atomic E-state index is 13.0. The molecule has 0 atom stereocenters. The first-order valence-corrected chi connectivity index (χ1v) is 10.3. The van der Waals surface area contributed by atoms with E-state index >= 15 is 0 Å². The van der Waals surface area contributed by atoms with E-state index < -0.39 is 11.7 Å². The lowest BCUT2D eigenvalue weighted by atomic mass is 10.1. The number of piperazine rings is 1. The van der Waals surface area contributed by atoms with Gasteiger partial charge in [-0.2, -0.15) is 28.1 Å². The van der Waals surface area contributed by atoms with E-state index in [0.717, 1.165) is 11.8 Å². The summed E-state index contributed by atoms with van der Waals surface area (Å²) in [6.07, 6.45) is -4.35. The Morgan fingerprint density at radius 2 is 1.72 bits per heavy atom. The third-order valence-electron chi connectivity index (χ3n) is 5.06. The van der Waals surface area contributed by atoms with Crippen LogP contribution in [0.25, 0.3) is 0 Å². The molecule has 2 aromatic carbocycles. The molecule has 1 saturated heterocycles. The summed E-state index contributed by atoms with van der Waals surface area (Å²) in [5, 5.41) is 3.64. The monoisotopic (exact) mass is 463 g/mol. The van der Waals surface area contributed by atoms with E-state index in [1.165, 1.54) is 12.1 Å². The van der Waals surface area contributed by atoms with Crippen LogP contribution in [0.15, 0.2) is 48.5 Å². The molecule has 32 heavy (non-hydrogen) atoms. The van der Waals surface area contributed by atoms with E-state index in [-0.39, 0.29) is 5.95 Å². The number of nitrogen functional groups attached to an aromatic ring is 1. The van der Waals surface area contributed by atoms with Gasteiger partial charge >= 0.3 is 6.18 Å². The van der Waals surface area contributed by atoms with Gasteiger partial charge in [0.1, 0.15) is 5.82 Å². The van der Waals surface area contributed by atoms with Crippen LogP contribution in [0.3, 0.4) is 0 Å². The van der Waals surface area contributed by atoms with Crippen LogP contribution in [0, 0.1) is 0 Å². The molecule has 3 N–H and O–H groups in total. The van der Waals surface area contributed by atoms with Gasteiger partial charge in [0.05, 0.1) is 12.1 Å². The summed E-state index contributed by atoms with van der Waals surface area (Å²) in [7, 11) is 0. The molecule has 0 amide bonds. The lowest BCUT2D eigenvalue weighted by Crippen LogP contribution is -2.46. The third-order valence-corrected chi connectivity index (χ3v) is 5.29. The van der Waals surface area contributed by atoms with Crippen molar-refractivity contribution in [3.05, 3.63) is 64.9 Å². The number of rotatable bonds is 5. The van der Waals surface area contributed by atoms with E-state index in [0.29, 0.717) is 55.2 Å². The van der Waals surface area contributed by atoms with Crippen molar-refractivity contribution in [1.82, 2.24) is 19.9 Å². The summed E-state index contributed by atoms with van der Waals surface area (Å²) in [5.41, 5.74) is 6.50. The SMILES string of the molecule is Nc1nc(CN2CCN(c3cccc(C(F)(F)F)c3)CC2)nc(Nc2cccc(Cl)c2)n1. The molecule has 4 rings (SSSR count). The largest absolute Gasteiger partial charge is 0.416 e. The third kappa shape index (κ3) is 5.57. The first-order chi connectivity index (χ1) is 15.3. The molecule has 7 nitrogen and oxygen atoms in total. The number of hydrogen-bond donors (Lipinski definition) is 2. The summed E-state index contributed by atoms with van der Waals surface area (Å²) in [6, 6.07) is 12.6. The van der Waals surface area contributed by atoms with Crippen molar-refractivity contribution in [2.75, 3.05) is 42.1 Å². The van der Waals surface area contributed by atoms with Crippen molar-refractivity contribution >= 4 is 34.9 Å². The van der Waals surface area contributed by atoms with Crippen molar-refractivity contribution < 1.29 is 13.2 Å². The molecule has 3 aromatic rings. The Morgan fingerprint density at radius 1 is 0.969 bits per heavy atom. The van der Waals surface area contributed by atoms with Crippen molar-refractivity contribution in [3.8, 4) is 0 Å². The molecule has 168 valence electrons. The molecule has 0 unspecified atom stereocenters. The Bertz CT molecular complexity index is 1080. The van der Waals surface area contributed by atoms with Crippen LogP contribution in [0.1, 0.15) is 11.4 Å². The van der Waals surface area contributed by atoms with Crippen LogP contribution in [0.4, 0.5) is 36.4 Å². The van der Waals surface area contributed by atoms with E-state index in [1.54, 1.807) is 24.3 Å². The molecule has 1 aromatic heterocycles. The Morgan fingerprint density at radius 3 is 2.44 bits per heavy atom. The van der Waals surface area contributed by atoms with Gasteiger partial charge in [-0.3, -0.25) is 4.90 Å². The summed E-state index contributed by atoms with van der Waals surface area (Å²) in [4.78, 5) is 16.8. The molecule has 0 aliphatic carbocycles. The highest BCUT2D eigenvalue weighted by Gasteiger charge is 2.31. The predicted octanol–water partition coefficient (Wildman–Crippen LogP) is 4.19. The van der Waals surface area contributed by atoms with Crippen LogP contribution in [-0.2, 0) is 12.7 Å². The zero-order chi connectivity index (χ0) is 22.7. The minimum Gasteiger partial charge on any atom is -0.369 e. The van der Waals surface area contributed by atoms with Gasteiger partial charge in [-0.25, -0.2) is 0 Å². The van der Waals surface area contributed by atoms with Gasteiger partial charge in [0, 0.05) is 42.6 Å². The Hall–Kier alpha value is -3.11. The van der Waals surface area contributed by atoms with Crippen LogP contribution < -0.4 is 16.0 Å². The topological polar surface area (TPSA) is 83.2 Å². The molecule has 0 bridgehead atoms. The fourth-order valence-corrected chi connectivity index (χ4v) is 3.69. The number of halogens is 4. The quantitative estimate of drug-likeness (QED) is 0.587. The summed E-state index contributed by atoms with van der Waals surface area (Å²) >= 11 is 6.01. The van der Waals surface area contributed by atoms with E-state index in [9.17, 15) is 13.2 Å². The highest BCUT2D eigenvalue weighted by molar-refractivity contribution is 6.30. The molecule has 0 radical (unpaired) electrons. The van der Waals surface area contributed by atoms with Crippen molar-refractivity contribution in [2.45, 2.75) is 12.7 Å². The smallest absolute Gasteiger partial charge is 0.369 e. The van der Waals surface area contributed by atoms with Gasteiger partial charge in [0.15, 0.2) is 0 Å². The molecule has 11 heteroatoms. The first-order valence-electron chi connectivity index (χ1n) is 9.94. The average molecular weight is 464 g/mol. The number of aromatic nitrogens is 3. The van der Waals surface area contributed by atoms with Crippen LogP contribution in [-0.4, -0.2) is 46.0 Å². The molecule has 1 fully saturated rings. The number of benzene rings is 2. The molecule has 0 saturated carbocycles. The Balaban J connectivity index is 1.38. The highest BCUT2D eigenvalue weighted by atomic mass is 35.5. The van der Waals surface area contributed by atoms with Crippen LogP contribution in [0.5, 0.6) is 0 Å². The summed E-state index contributed by atoms with van der Waals surface area (Å²) in [6.45, 7) is 2.94. The second kappa shape index (κ2) is 9.17. The van der Waals surface area contributed by atoms with Crippen LogP contribution in [0.2, 0.25) is 5.02 Å². The van der Waals surface area contributed by atoms with E-state index in [2.05, 4.69) is 25.2 Å². The minimum atomic E-state index is -4.35. The van der Waals surface area contributed by atoms with Crippen molar-refractivity contribution in [1.29, 1.82) is 0 Å². The van der Waals surface area contributed by atoms with Gasteiger partial charge in [-0.15, -0.1) is 0 Å². The molecule has 2 heterocycles. The number of anilines is 4. The van der Waals surface area contributed by atoms with Crippen LogP contribution >= 0.6 is 11.6 Å². The second-order valence-electron chi connectivity index (χ2n) is 7.38. The zero-order valence-electron chi connectivity index (χ0n) is 17.0. The van der Waals surface area contributed by atoms with Gasteiger partial charge in [0.25, 0.3) is 0 Å². The lowest BCUT2D eigenvalue weighted by molar-refractivity contribution is -0.137. The van der Waals surface area contributed by atoms with Gasteiger partial charge in [-0.05, 0) is 36.4 Å². The maximum Gasteiger partial charge on any atom is 0.416 e. The predicted molar refractivity (Wildman–Crippen MR) is 118 cm³/mol. The maximum absolute atomic E-state index is 13.0. The Labute approximate surface area is 188 Å². The fourth-order valence-electron chi connectivity index (χ4n) is 3.50. The summed E-state index contributed by atoms with van der Waals surface area (Å²) in [5.74, 6) is 0.925. The average Bonchev–Trinajstić information content (AvgIpc) is 2.73. The number of alkyl halides is 3. The molecular weight excluding hydrogens is 443 g/mol. The van der Waals surface area contributed by atoms with E-state index in [4.69, 9.17) is 17.3 Å². The van der Waals surface area contributed by atoms with Gasteiger partial charge < -0.3 is 16.0 Å². The number of nitrogens with zero attached hydrogens (tertiary/aromatic N) is 5. The number of hydrogen-bond acceptors (Lipinski definition) is 7. The number of nitrogens with two attached hydrogens (primary N) is 1. The zero-order valence-corrected chi connectivity index (χ0v) is 17.7. The molecule has 0 spiro atoms. The molecule has 1 aliphatic rings. The number of nitrogens with one attached hydrogen (secondary N) is 1. The molecule has 1 aliphatic heterocycles. The normalized spacial score (nSPS) is 15.1. The standard InChI is InChI=1S/C21H21ClF3N7/c22-15-4-2-5-16(12-15)27-20-29-18(28-19(26)30-20)13-31-7-9-32(10-8-31)17-6-1-3-14(11-17)21(23,24)25/h1-6,11-12H,7-10,13H2,(H3,26,27,28,29,30). The second-order valence-corrected chi connectivity index (χ2v) is 7.82. The summed E-state index contributed by atoms with van der Waals surface area (Å²) < 4.78 is 39.0. The van der Waals surface area contributed by atoms with Gasteiger partial charge in [0.2, 0.25) is 11.9 Å². The Kier molecular flexibility index (Phi) is 6.33. The fraction of sp³-hybridized carbons (Fsp3) is 0.286. The van der Waals surface area contributed by atoms with E-state index in [1.807, 2.05) is 11.0 Å². The van der Waals surface area contributed by atoms with Gasteiger partial charge in [-0.1, -0.05) is 23.7 Å². The highest BCUT2D eigenvalue weighted by Crippen LogP contribution is 2.32. The first kappa shape index (κ1) is 22.1.